The Labute approximate surface area is 196 Å². The molecule has 0 aromatic heterocycles. The number of anilines is 1. The zero-order valence-corrected chi connectivity index (χ0v) is 18.3. The van der Waals surface area contributed by atoms with E-state index in [0.717, 1.165) is 5.75 Å². The largest absolute Gasteiger partial charge is 0.490 e. The van der Waals surface area contributed by atoms with E-state index in [0.29, 0.717) is 30.2 Å². The van der Waals surface area contributed by atoms with Crippen LogP contribution >= 0.6 is 12.2 Å². The number of para-hydroxylation sites is 3. The van der Waals surface area contributed by atoms with Crippen LogP contribution in [0, 0.1) is 10.1 Å². The lowest BCUT2D eigenvalue weighted by atomic mass is 10.2. The van der Waals surface area contributed by atoms with Crippen molar-refractivity contribution in [3.05, 3.63) is 101 Å². The number of hydrogen-bond acceptors (Lipinski definition) is 6. The molecule has 0 heterocycles. The number of nitrogens with zero attached hydrogens (tertiary/aromatic N) is 1. The zero-order chi connectivity index (χ0) is 23.5. The predicted molar refractivity (Wildman–Crippen MR) is 130 cm³/mol. The topological polar surface area (TPSA) is 103 Å². The summed E-state index contributed by atoms with van der Waals surface area (Å²) >= 11 is 5.21. The minimum absolute atomic E-state index is 0.0551. The molecule has 0 aliphatic rings. The maximum atomic E-state index is 12.2. The lowest BCUT2D eigenvalue weighted by molar-refractivity contribution is -0.384. The van der Waals surface area contributed by atoms with Crippen LogP contribution in [-0.4, -0.2) is 29.2 Å². The molecule has 0 saturated heterocycles. The second kappa shape index (κ2) is 12.0. The van der Waals surface area contributed by atoms with Crippen LogP contribution in [0.1, 0.15) is 5.56 Å². The molecular weight excluding hydrogens is 442 g/mol. The van der Waals surface area contributed by atoms with Gasteiger partial charge in [-0.05, 0) is 48.1 Å². The molecule has 0 aliphatic carbocycles. The molecule has 0 spiro atoms. The fraction of sp³-hybridized carbons (Fsp3) is 0.0833. The predicted octanol–water partition coefficient (Wildman–Crippen LogP) is 4.58. The van der Waals surface area contributed by atoms with Gasteiger partial charge in [0.05, 0.1) is 10.6 Å². The summed E-state index contributed by atoms with van der Waals surface area (Å²) in [5.74, 6) is 0.834. The average molecular weight is 464 g/mol. The van der Waals surface area contributed by atoms with Gasteiger partial charge in [-0.2, -0.15) is 0 Å². The molecule has 3 aromatic rings. The lowest BCUT2D eigenvalue weighted by Gasteiger charge is -2.14. The highest BCUT2D eigenvalue weighted by atomic mass is 32.1. The summed E-state index contributed by atoms with van der Waals surface area (Å²) in [6, 6.07) is 22.6. The van der Waals surface area contributed by atoms with Gasteiger partial charge in [0.2, 0.25) is 5.91 Å². The zero-order valence-electron chi connectivity index (χ0n) is 17.5. The molecule has 0 aliphatic heterocycles. The molecule has 2 N–H and O–H groups in total. The Morgan fingerprint density at radius 2 is 1.70 bits per heavy atom. The third kappa shape index (κ3) is 7.75. The summed E-state index contributed by atoms with van der Waals surface area (Å²) in [6.07, 6.45) is 2.71. The summed E-state index contributed by atoms with van der Waals surface area (Å²) in [6.45, 7) is 0.681. The van der Waals surface area contributed by atoms with Crippen molar-refractivity contribution in [3.8, 4) is 11.5 Å². The van der Waals surface area contributed by atoms with Gasteiger partial charge in [0.1, 0.15) is 24.7 Å². The van der Waals surface area contributed by atoms with E-state index in [-0.39, 0.29) is 10.8 Å². The molecule has 9 heteroatoms. The highest BCUT2D eigenvalue weighted by Crippen LogP contribution is 2.23. The molecule has 0 bridgehead atoms. The molecule has 3 aromatic carbocycles. The van der Waals surface area contributed by atoms with Crippen LogP contribution in [0.15, 0.2) is 84.9 Å². The Kier molecular flexibility index (Phi) is 8.49. The summed E-state index contributed by atoms with van der Waals surface area (Å²) in [5, 5.41) is 16.4. The fourth-order valence-corrected chi connectivity index (χ4v) is 2.96. The van der Waals surface area contributed by atoms with Gasteiger partial charge in [-0.1, -0.05) is 42.5 Å². The molecular formula is C24H21N3O5S. The van der Waals surface area contributed by atoms with E-state index in [2.05, 4.69) is 10.6 Å². The van der Waals surface area contributed by atoms with E-state index in [1.54, 1.807) is 24.3 Å². The van der Waals surface area contributed by atoms with Gasteiger partial charge in [-0.25, -0.2) is 0 Å². The number of nitro benzene ring substituents is 1. The Balaban J connectivity index is 1.50. The first kappa shape index (κ1) is 23.4. The van der Waals surface area contributed by atoms with E-state index in [1.165, 1.54) is 24.3 Å². The minimum Gasteiger partial charge on any atom is -0.490 e. The summed E-state index contributed by atoms with van der Waals surface area (Å²) in [5.41, 5.74) is 1.06. The van der Waals surface area contributed by atoms with Crippen molar-refractivity contribution >= 4 is 40.7 Å². The molecule has 1 amide bonds. The number of hydrogen-bond donors (Lipinski definition) is 2. The van der Waals surface area contributed by atoms with Gasteiger partial charge in [-0.15, -0.1) is 0 Å². The SMILES string of the molecule is O=C(/C=C/c1cccc([N+](=O)[O-])c1)NC(=S)Nc1ccccc1OCCOc1ccccc1. The van der Waals surface area contributed by atoms with Crippen molar-refractivity contribution in [1.82, 2.24) is 5.32 Å². The van der Waals surface area contributed by atoms with Crippen molar-refractivity contribution in [2.24, 2.45) is 0 Å². The first-order valence-corrected chi connectivity index (χ1v) is 10.4. The molecule has 3 rings (SSSR count). The number of non-ortho nitro benzene ring substituents is 1. The summed E-state index contributed by atoms with van der Waals surface area (Å²) < 4.78 is 11.4. The van der Waals surface area contributed by atoms with Crippen LogP contribution in [0.3, 0.4) is 0 Å². The van der Waals surface area contributed by atoms with E-state index in [1.807, 2.05) is 42.5 Å². The lowest BCUT2D eigenvalue weighted by Crippen LogP contribution is -2.33. The molecule has 33 heavy (non-hydrogen) atoms. The first-order chi connectivity index (χ1) is 16.0. The molecule has 8 nitrogen and oxygen atoms in total. The Morgan fingerprint density at radius 3 is 2.48 bits per heavy atom. The maximum absolute atomic E-state index is 12.2. The molecule has 0 unspecified atom stereocenters. The number of carbonyl (C=O) groups excluding carboxylic acids is 1. The summed E-state index contributed by atoms with van der Waals surface area (Å²) in [4.78, 5) is 22.5. The van der Waals surface area contributed by atoms with E-state index in [9.17, 15) is 14.9 Å². The van der Waals surface area contributed by atoms with Gasteiger partial charge in [0, 0.05) is 18.2 Å². The molecule has 0 saturated carbocycles. The quantitative estimate of drug-likeness (QED) is 0.157. The van der Waals surface area contributed by atoms with Crippen LogP contribution in [0.2, 0.25) is 0 Å². The molecule has 0 fully saturated rings. The third-order valence-electron chi connectivity index (χ3n) is 4.23. The van der Waals surface area contributed by atoms with Gasteiger partial charge in [0.15, 0.2) is 5.11 Å². The molecule has 0 atom stereocenters. The third-order valence-corrected chi connectivity index (χ3v) is 4.44. The maximum Gasteiger partial charge on any atom is 0.270 e. The van der Waals surface area contributed by atoms with Crippen LogP contribution < -0.4 is 20.1 Å². The van der Waals surface area contributed by atoms with Crippen molar-refractivity contribution in [2.45, 2.75) is 0 Å². The van der Waals surface area contributed by atoms with Crippen molar-refractivity contribution in [1.29, 1.82) is 0 Å². The second-order valence-electron chi connectivity index (χ2n) is 6.63. The number of nitro groups is 1. The van der Waals surface area contributed by atoms with Crippen molar-refractivity contribution < 1.29 is 19.2 Å². The average Bonchev–Trinajstić information content (AvgIpc) is 2.82. The van der Waals surface area contributed by atoms with Crippen LogP contribution in [0.4, 0.5) is 11.4 Å². The number of benzene rings is 3. The fourth-order valence-electron chi connectivity index (χ4n) is 2.74. The Bertz CT molecular complexity index is 1150. The monoisotopic (exact) mass is 463 g/mol. The molecule has 168 valence electrons. The minimum atomic E-state index is -0.496. The van der Waals surface area contributed by atoms with Gasteiger partial charge >= 0.3 is 0 Å². The van der Waals surface area contributed by atoms with Crippen LogP contribution in [0.5, 0.6) is 11.5 Å². The first-order valence-electron chi connectivity index (χ1n) is 9.95. The van der Waals surface area contributed by atoms with Crippen LogP contribution in [0.25, 0.3) is 6.08 Å². The molecule has 0 radical (unpaired) electrons. The van der Waals surface area contributed by atoms with Crippen LogP contribution in [-0.2, 0) is 4.79 Å². The van der Waals surface area contributed by atoms with Crippen molar-refractivity contribution in [3.63, 3.8) is 0 Å². The normalized spacial score (nSPS) is 10.4. The number of carbonyl (C=O) groups is 1. The number of ether oxygens (including phenoxy) is 2. The highest BCUT2D eigenvalue weighted by molar-refractivity contribution is 7.80. The standard InChI is InChI=1S/C24H21N3O5S/c28-23(14-13-18-7-6-8-19(17-18)27(29)30)26-24(33)25-21-11-4-5-12-22(21)32-16-15-31-20-9-2-1-3-10-20/h1-14,17H,15-16H2,(H2,25,26,28,33)/b14-13+. The number of thiocarbonyl (C=S) groups is 1. The number of amides is 1. The number of nitrogens with one attached hydrogen (secondary N) is 2. The highest BCUT2D eigenvalue weighted by Gasteiger charge is 2.08. The van der Waals surface area contributed by atoms with Gasteiger partial charge in [-0.3, -0.25) is 20.2 Å². The van der Waals surface area contributed by atoms with E-state index in [4.69, 9.17) is 21.7 Å². The van der Waals surface area contributed by atoms with Crippen molar-refractivity contribution in [2.75, 3.05) is 18.5 Å². The summed E-state index contributed by atoms with van der Waals surface area (Å²) in [7, 11) is 0. The van der Waals surface area contributed by atoms with Gasteiger partial charge in [0.25, 0.3) is 5.69 Å². The smallest absolute Gasteiger partial charge is 0.270 e. The van der Waals surface area contributed by atoms with E-state index < -0.39 is 10.8 Å². The second-order valence-corrected chi connectivity index (χ2v) is 7.04. The Morgan fingerprint density at radius 1 is 0.970 bits per heavy atom. The van der Waals surface area contributed by atoms with E-state index >= 15 is 0 Å². The number of rotatable bonds is 9. The Hall–Kier alpha value is -4.24. The van der Waals surface area contributed by atoms with Gasteiger partial charge < -0.3 is 14.8 Å².